The average Bonchev–Trinajstić information content (AvgIpc) is 2.35. The minimum absolute atomic E-state index is 0.229. The summed E-state index contributed by atoms with van der Waals surface area (Å²) in [4.78, 5) is 22.5. The molecular weight excluding hydrogens is 232 g/mol. The molecule has 0 amide bonds. The molecule has 0 aromatic heterocycles. The molecule has 0 atom stereocenters. The Morgan fingerprint density at radius 3 is 1.50 bits per heavy atom. The Morgan fingerprint density at radius 2 is 1.06 bits per heavy atom. The van der Waals surface area contributed by atoms with Gasteiger partial charge in [0.05, 0.1) is 26.1 Å². The van der Waals surface area contributed by atoms with Crippen LogP contribution in [0.3, 0.4) is 0 Å². The monoisotopic (exact) mass is 254 g/mol. The fourth-order valence-electron chi connectivity index (χ4n) is 1.76. The summed E-state index contributed by atoms with van der Waals surface area (Å²) in [6.07, 6.45) is 10.1. The Morgan fingerprint density at radius 1 is 0.667 bits per heavy atom. The zero-order chi connectivity index (χ0) is 13.1. The Bertz CT molecular complexity index is 256. The van der Waals surface area contributed by atoms with Gasteiger partial charge in [-0.3, -0.25) is 9.59 Å². The Hall–Kier alpha value is -1.32. The highest BCUT2D eigenvalue weighted by molar-refractivity contribution is 5.73. The molecular formula is C14H22O4. The number of hydrogen-bond donors (Lipinski definition) is 0. The van der Waals surface area contributed by atoms with Gasteiger partial charge >= 0.3 is 11.9 Å². The quantitative estimate of drug-likeness (QED) is 0.492. The number of esters is 2. The van der Waals surface area contributed by atoms with Crippen molar-refractivity contribution in [2.24, 2.45) is 0 Å². The van der Waals surface area contributed by atoms with E-state index in [1.807, 2.05) is 0 Å². The van der Waals surface area contributed by atoms with Crippen molar-refractivity contribution in [1.82, 2.24) is 0 Å². The predicted octanol–water partition coefficient (Wildman–Crippen LogP) is 2.76. The van der Waals surface area contributed by atoms with Crippen LogP contribution in [0.5, 0.6) is 0 Å². The lowest BCUT2D eigenvalue weighted by atomic mass is 10.1. The molecule has 0 aliphatic carbocycles. The number of ether oxygens (including phenoxy) is 2. The van der Waals surface area contributed by atoms with E-state index in [1.165, 1.54) is 0 Å². The van der Waals surface area contributed by atoms with Crippen molar-refractivity contribution in [1.29, 1.82) is 0 Å². The van der Waals surface area contributed by atoms with Gasteiger partial charge in [-0.2, -0.15) is 0 Å². The van der Waals surface area contributed by atoms with Gasteiger partial charge in [-0.1, -0.05) is 37.8 Å². The van der Waals surface area contributed by atoms with Crippen LogP contribution in [0, 0.1) is 0 Å². The number of hydrogen-bond acceptors (Lipinski definition) is 4. The van der Waals surface area contributed by atoms with E-state index in [0.717, 1.165) is 38.5 Å². The fourth-order valence-corrected chi connectivity index (χ4v) is 1.76. The number of carbonyl (C=O) groups is 2. The zero-order valence-electron chi connectivity index (χ0n) is 10.9. The second-order valence-corrected chi connectivity index (χ2v) is 4.44. The highest BCUT2D eigenvalue weighted by Gasteiger charge is 2.02. The molecule has 0 unspecified atom stereocenters. The van der Waals surface area contributed by atoms with Gasteiger partial charge in [0.25, 0.3) is 0 Å². The number of cyclic esters (lactones) is 2. The lowest BCUT2D eigenvalue weighted by Crippen LogP contribution is -2.06. The van der Waals surface area contributed by atoms with Crippen LogP contribution in [0.1, 0.15) is 51.4 Å². The Balaban J connectivity index is 2.31. The maximum Gasteiger partial charge on any atom is 0.309 e. The van der Waals surface area contributed by atoms with Crippen molar-refractivity contribution < 1.29 is 19.1 Å². The van der Waals surface area contributed by atoms with Gasteiger partial charge in [0.15, 0.2) is 0 Å². The van der Waals surface area contributed by atoms with Gasteiger partial charge in [-0.15, -0.1) is 0 Å². The van der Waals surface area contributed by atoms with Crippen LogP contribution in [-0.4, -0.2) is 25.2 Å². The van der Waals surface area contributed by atoms with Crippen LogP contribution >= 0.6 is 0 Å². The molecule has 0 saturated carbocycles. The molecule has 0 saturated heterocycles. The zero-order valence-corrected chi connectivity index (χ0v) is 10.9. The van der Waals surface area contributed by atoms with E-state index in [4.69, 9.17) is 9.47 Å². The van der Waals surface area contributed by atoms with E-state index in [9.17, 15) is 9.59 Å². The smallest absolute Gasteiger partial charge is 0.309 e. The summed E-state index contributed by atoms with van der Waals surface area (Å²) < 4.78 is 10.1. The third kappa shape index (κ3) is 7.87. The first-order valence-electron chi connectivity index (χ1n) is 6.75. The third-order valence-corrected chi connectivity index (χ3v) is 2.80. The SMILES string of the molecule is O=C1C/C=C\CC(=O)OCCCCCCCCO1. The van der Waals surface area contributed by atoms with E-state index in [1.54, 1.807) is 12.2 Å². The van der Waals surface area contributed by atoms with Crippen molar-refractivity contribution in [3.8, 4) is 0 Å². The maximum absolute atomic E-state index is 11.3. The van der Waals surface area contributed by atoms with E-state index in [0.29, 0.717) is 13.2 Å². The molecule has 0 radical (unpaired) electrons. The largest absolute Gasteiger partial charge is 0.465 e. The van der Waals surface area contributed by atoms with Crippen molar-refractivity contribution >= 4 is 11.9 Å². The van der Waals surface area contributed by atoms with Crippen LogP contribution in [-0.2, 0) is 19.1 Å². The summed E-state index contributed by atoms with van der Waals surface area (Å²) in [5.74, 6) is -0.460. The van der Waals surface area contributed by atoms with Crippen LogP contribution in [0.4, 0.5) is 0 Å². The van der Waals surface area contributed by atoms with Gasteiger partial charge in [-0.05, 0) is 12.8 Å². The number of rotatable bonds is 0. The minimum Gasteiger partial charge on any atom is -0.465 e. The van der Waals surface area contributed by atoms with Crippen LogP contribution in [0.25, 0.3) is 0 Å². The van der Waals surface area contributed by atoms with Gasteiger partial charge in [0.1, 0.15) is 0 Å². The average molecular weight is 254 g/mol. The minimum atomic E-state index is -0.230. The lowest BCUT2D eigenvalue weighted by molar-refractivity contribution is -0.144. The summed E-state index contributed by atoms with van der Waals surface area (Å²) in [7, 11) is 0. The summed E-state index contributed by atoms with van der Waals surface area (Å²) in [5, 5.41) is 0. The van der Waals surface area contributed by atoms with Gasteiger partial charge in [-0.25, -0.2) is 0 Å². The van der Waals surface area contributed by atoms with Gasteiger partial charge < -0.3 is 9.47 Å². The second kappa shape index (κ2) is 9.68. The summed E-state index contributed by atoms with van der Waals surface area (Å²) >= 11 is 0. The molecule has 0 spiro atoms. The molecule has 1 aliphatic rings. The van der Waals surface area contributed by atoms with Crippen LogP contribution in [0.2, 0.25) is 0 Å². The first-order chi connectivity index (χ1) is 8.79. The summed E-state index contributed by atoms with van der Waals surface area (Å²) in [5.41, 5.74) is 0. The highest BCUT2D eigenvalue weighted by Crippen LogP contribution is 2.07. The topological polar surface area (TPSA) is 52.6 Å². The van der Waals surface area contributed by atoms with Crippen molar-refractivity contribution in [2.75, 3.05) is 13.2 Å². The molecule has 0 N–H and O–H groups in total. The molecule has 102 valence electrons. The molecule has 0 aromatic rings. The van der Waals surface area contributed by atoms with Crippen LogP contribution < -0.4 is 0 Å². The summed E-state index contributed by atoms with van der Waals surface area (Å²) in [6, 6.07) is 0. The number of carbonyl (C=O) groups excluding carboxylic acids is 2. The second-order valence-electron chi connectivity index (χ2n) is 4.44. The molecule has 4 heteroatoms. The molecule has 0 bridgehead atoms. The molecule has 1 rings (SSSR count). The molecule has 1 aliphatic heterocycles. The normalized spacial score (nSPS) is 22.9. The molecule has 18 heavy (non-hydrogen) atoms. The predicted molar refractivity (Wildman–Crippen MR) is 68.0 cm³/mol. The maximum atomic E-state index is 11.3. The molecule has 0 aromatic carbocycles. The van der Waals surface area contributed by atoms with E-state index >= 15 is 0 Å². The first-order valence-corrected chi connectivity index (χ1v) is 6.75. The lowest BCUT2D eigenvalue weighted by Gasteiger charge is -2.05. The third-order valence-electron chi connectivity index (χ3n) is 2.80. The first kappa shape index (κ1) is 14.7. The molecule has 4 nitrogen and oxygen atoms in total. The van der Waals surface area contributed by atoms with Crippen molar-refractivity contribution in [2.45, 2.75) is 51.4 Å². The Labute approximate surface area is 108 Å². The van der Waals surface area contributed by atoms with E-state index < -0.39 is 0 Å². The van der Waals surface area contributed by atoms with Crippen molar-refractivity contribution in [3.63, 3.8) is 0 Å². The van der Waals surface area contributed by atoms with Gasteiger partial charge in [0.2, 0.25) is 0 Å². The standard InChI is InChI=1S/C14H22O4/c15-13-9-5-6-10-14(16)18-12-8-4-2-1-3-7-11-17-13/h5-6H,1-4,7-12H2/b6-5-. The highest BCUT2D eigenvalue weighted by atomic mass is 16.5. The Kier molecular flexibility index (Phi) is 7.93. The fraction of sp³-hybridized carbons (Fsp3) is 0.714. The molecule has 1 heterocycles. The summed E-state index contributed by atoms with van der Waals surface area (Å²) in [6.45, 7) is 1.02. The van der Waals surface area contributed by atoms with Gasteiger partial charge in [0, 0.05) is 0 Å². The van der Waals surface area contributed by atoms with E-state index in [-0.39, 0.29) is 24.8 Å². The van der Waals surface area contributed by atoms with E-state index in [2.05, 4.69) is 0 Å². The molecule has 0 fully saturated rings. The van der Waals surface area contributed by atoms with Crippen LogP contribution in [0.15, 0.2) is 12.2 Å². The van der Waals surface area contributed by atoms with Crippen molar-refractivity contribution in [3.05, 3.63) is 12.2 Å².